The molecule has 0 saturated heterocycles. The minimum absolute atomic E-state index is 0.220. The Hall–Kier alpha value is -3.09. The van der Waals surface area contributed by atoms with E-state index in [0.29, 0.717) is 5.82 Å². The number of hydrogen-bond acceptors (Lipinski definition) is 5. The number of hydrogen-bond donors (Lipinski definition) is 3. The molecule has 0 bridgehead atoms. The number of aromatic amines is 1. The molecule has 4 N–H and O–H groups in total. The molecule has 4 aromatic rings. The second-order valence-electron chi connectivity index (χ2n) is 7.12. The molecule has 7 heteroatoms. The zero-order valence-electron chi connectivity index (χ0n) is 14.8. The SMILES string of the molecule is CNc1ccc2cc(-c3nn(C(C)(C)C)c4ncnc(N)c34)[nH]c2c1. The Balaban J connectivity index is 2.01. The van der Waals surface area contributed by atoms with Crippen molar-refractivity contribution in [3.05, 3.63) is 30.6 Å². The quantitative estimate of drug-likeness (QED) is 0.522. The molecule has 0 saturated carbocycles. The van der Waals surface area contributed by atoms with Gasteiger partial charge in [-0.25, -0.2) is 14.6 Å². The molecule has 0 amide bonds. The van der Waals surface area contributed by atoms with Crippen molar-refractivity contribution in [1.29, 1.82) is 0 Å². The Labute approximate surface area is 145 Å². The Morgan fingerprint density at radius 3 is 2.68 bits per heavy atom. The summed E-state index contributed by atoms with van der Waals surface area (Å²) in [5, 5.41) is 9.86. The van der Waals surface area contributed by atoms with Crippen molar-refractivity contribution >= 4 is 33.4 Å². The molecule has 0 fully saturated rings. The molecule has 128 valence electrons. The standard InChI is InChI=1S/C18H21N7/c1-18(2,3)25-17-14(16(19)21-9-22-17)15(24-25)13-7-10-5-6-11(20-4)8-12(10)23-13/h5-9,20,23H,1-4H3,(H2,19,21,22). The van der Waals surface area contributed by atoms with Gasteiger partial charge in [-0.2, -0.15) is 5.10 Å². The first kappa shape index (κ1) is 15.4. The number of nitrogens with one attached hydrogen (secondary N) is 2. The second kappa shape index (κ2) is 5.20. The summed E-state index contributed by atoms with van der Waals surface area (Å²) < 4.78 is 1.90. The Morgan fingerprint density at radius 1 is 1.16 bits per heavy atom. The van der Waals surface area contributed by atoms with Crippen LogP contribution in [0.2, 0.25) is 0 Å². The largest absolute Gasteiger partial charge is 0.388 e. The van der Waals surface area contributed by atoms with Crippen molar-refractivity contribution in [2.45, 2.75) is 26.3 Å². The number of aromatic nitrogens is 5. The van der Waals surface area contributed by atoms with Crippen LogP contribution in [0.3, 0.4) is 0 Å². The summed E-state index contributed by atoms with van der Waals surface area (Å²) in [6, 6.07) is 8.27. The lowest BCUT2D eigenvalue weighted by molar-refractivity contribution is 0.366. The van der Waals surface area contributed by atoms with Crippen molar-refractivity contribution in [2.75, 3.05) is 18.1 Å². The van der Waals surface area contributed by atoms with Gasteiger partial charge in [-0.1, -0.05) is 6.07 Å². The van der Waals surface area contributed by atoms with Gasteiger partial charge in [0, 0.05) is 23.6 Å². The van der Waals surface area contributed by atoms with E-state index >= 15 is 0 Å². The lowest BCUT2D eigenvalue weighted by Crippen LogP contribution is -2.23. The molecule has 1 aromatic carbocycles. The summed E-state index contributed by atoms with van der Waals surface area (Å²) in [6.45, 7) is 6.27. The van der Waals surface area contributed by atoms with Crippen LogP contribution >= 0.6 is 0 Å². The fraction of sp³-hybridized carbons (Fsp3) is 0.278. The van der Waals surface area contributed by atoms with Gasteiger partial charge in [0.25, 0.3) is 0 Å². The van der Waals surface area contributed by atoms with Crippen LogP contribution in [0, 0.1) is 0 Å². The molecule has 4 rings (SSSR count). The molecule has 0 radical (unpaired) electrons. The van der Waals surface area contributed by atoms with Crippen molar-refractivity contribution in [2.24, 2.45) is 0 Å². The van der Waals surface area contributed by atoms with E-state index in [2.05, 4.69) is 59.2 Å². The predicted octanol–water partition coefficient (Wildman–Crippen LogP) is 3.35. The van der Waals surface area contributed by atoms with E-state index in [1.54, 1.807) is 0 Å². The average molecular weight is 335 g/mol. The highest BCUT2D eigenvalue weighted by atomic mass is 15.3. The highest BCUT2D eigenvalue weighted by Crippen LogP contribution is 2.34. The molecule has 0 spiro atoms. The first-order valence-electron chi connectivity index (χ1n) is 8.19. The molecule has 0 aliphatic carbocycles. The third-order valence-electron chi connectivity index (χ3n) is 4.30. The van der Waals surface area contributed by atoms with Gasteiger partial charge in [-0.05, 0) is 39.0 Å². The van der Waals surface area contributed by atoms with Crippen LogP contribution in [0.5, 0.6) is 0 Å². The van der Waals surface area contributed by atoms with Crippen LogP contribution in [-0.2, 0) is 5.54 Å². The van der Waals surface area contributed by atoms with Gasteiger partial charge in [-0.15, -0.1) is 0 Å². The molecular formula is C18H21N7. The fourth-order valence-corrected chi connectivity index (χ4v) is 3.04. The second-order valence-corrected chi connectivity index (χ2v) is 7.12. The molecule has 0 aliphatic heterocycles. The maximum atomic E-state index is 6.16. The van der Waals surface area contributed by atoms with Crippen LogP contribution in [0.25, 0.3) is 33.3 Å². The van der Waals surface area contributed by atoms with E-state index in [1.165, 1.54) is 6.33 Å². The van der Waals surface area contributed by atoms with Gasteiger partial charge < -0.3 is 16.0 Å². The van der Waals surface area contributed by atoms with Crippen LogP contribution < -0.4 is 11.1 Å². The Bertz CT molecular complexity index is 1080. The van der Waals surface area contributed by atoms with Crippen LogP contribution in [0.4, 0.5) is 11.5 Å². The molecule has 3 aromatic heterocycles. The minimum Gasteiger partial charge on any atom is -0.388 e. The first-order chi connectivity index (χ1) is 11.9. The summed E-state index contributed by atoms with van der Waals surface area (Å²) in [6.07, 6.45) is 1.48. The van der Waals surface area contributed by atoms with E-state index < -0.39 is 0 Å². The number of fused-ring (bicyclic) bond motifs is 2. The number of rotatable bonds is 2. The number of nitrogens with two attached hydrogens (primary N) is 1. The zero-order valence-corrected chi connectivity index (χ0v) is 14.8. The smallest absolute Gasteiger partial charge is 0.164 e. The van der Waals surface area contributed by atoms with Crippen LogP contribution in [0.1, 0.15) is 20.8 Å². The molecule has 25 heavy (non-hydrogen) atoms. The summed E-state index contributed by atoms with van der Waals surface area (Å²) in [5.41, 5.74) is 10.4. The molecule has 7 nitrogen and oxygen atoms in total. The van der Waals surface area contributed by atoms with Gasteiger partial charge in [0.05, 0.1) is 16.6 Å². The Morgan fingerprint density at radius 2 is 1.96 bits per heavy atom. The van der Waals surface area contributed by atoms with E-state index in [0.717, 1.165) is 39.0 Å². The van der Waals surface area contributed by atoms with E-state index in [1.807, 2.05) is 17.8 Å². The fourth-order valence-electron chi connectivity index (χ4n) is 3.04. The van der Waals surface area contributed by atoms with Gasteiger partial charge in [0.2, 0.25) is 0 Å². The first-order valence-corrected chi connectivity index (χ1v) is 8.19. The van der Waals surface area contributed by atoms with Crippen LogP contribution in [0.15, 0.2) is 30.6 Å². The van der Waals surface area contributed by atoms with Crippen molar-refractivity contribution in [3.8, 4) is 11.4 Å². The maximum absolute atomic E-state index is 6.16. The summed E-state index contributed by atoms with van der Waals surface area (Å²) >= 11 is 0. The molecule has 3 heterocycles. The zero-order chi connectivity index (χ0) is 17.8. The van der Waals surface area contributed by atoms with E-state index in [-0.39, 0.29) is 5.54 Å². The number of nitrogens with zero attached hydrogens (tertiary/aromatic N) is 4. The summed E-state index contributed by atoms with van der Waals surface area (Å²) in [5.74, 6) is 0.435. The maximum Gasteiger partial charge on any atom is 0.164 e. The van der Waals surface area contributed by atoms with Crippen molar-refractivity contribution in [3.63, 3.8) is 0 Å². The highest BCUT2D eigenvalue weighted by molar-refractivity contribution is 6.00. The van der Waals surface area contributed by atoms with E-state index in [4.69, 9.17) is 10.8 Å². The predicted molar refractivity (Wildman–Crippen MR) is 102 cm³/mol. The third kappa shape index (κ3) is 2.39. The van der Waals surface area contributed by atoms with Crippen LogP contribution in [-0.4, -0.2) is 31.8 Å². The Kier molecular flexibility index (Phi) is 3.21. The minimum atomic E-state index is -0.220. The lowest BCUT2D eigenvalue weighted by atomic mass is 10.1. The van der Waals surface area contributed by atoms with E-state index in [9.17, 15) is 0 Å². The number of benzene rings is 1. The average Bonchev–Trinajstić information content (AvgIpc) is 3.15. The molecule has 0 aliphatic rings. The lowest BCUT2D eigenvalue weighted by Gasteiger charge is -2.19. The highest BCUT2D eigenvalue weighted by Gasteiger charge is 2.24. The van der Waals surface area contributed by atoms with Gasteiger partial charge in [0.15, 0.2) is 5.65 Å². The molecular weight excluding hydrogens is 314 g/mol. The monoisotopic (exact) mass is 335 g/mol. The van der Waals surface area contributed by atoms with Gasteiger partial charge >= 0.3 is 0 Å². The van der Waals surface area contributed by atoms with Gasteiger partial charge in [-0.3, -0.25) is 0 Å². The number of nitrogen functional groups attached to an aromatic ring is 1. The number of H-pyrrole nitrogens is 1. The summed E-state index contributed by atoms with van der Waals surface area (Å²) in [7, 11) is 1.90. The van der Waals surface area contributed by atoms with Crippen molar-refractivity contribution in [1.82, 2.24) is 24.7 Å². The molecule has 0 unspecified atom stereocenters. The third-order valence-corrected chi connectivity index (χ3v) is 4.30. The molecule has 0 atom stereocenters. The normalized spacial score (nSPS) is 12.2. The summed E-state index contributed by atoms with van der Waals surface area (Å²) in [4.78, 5) is 12.0. The van der Waals surface area contributed by atoms with Gasteiger partial charge in [0.1, 0.15) is 17.8 Å². The van der Waals surface area contributed by atoms with Crippen molar-refractivity contribution < 1.29 is 0 Å². The number of anilines is 2. The topological polar surface area (TPSA) is 97.4 Å².